The number of nitrogens with one attached hydrogen (secondary N) is 3. The van der Waals surface area contributed by atoms with Crippen molar-refractivity contribution in [2.45, 2.75) is 13.3 Å². The van der Waals surface area contributed by atoms with E-state index in [4.69, 9.17) is 0 Å². The normalized spacial score (nSPS) is 16.3. The molecule has 0 saturated carbocycles. The van der Waals surface area contributed by atoms with E-state index in [-0.39, 0.29) is 18.2 Å². The number of carbonyl (C=O) groups excluding carboxylic acids is 2. The summed E-state index contributed by atoms with van der Waals surface area (Å²) in [5.74, 6) is -0.182. The molecular weight excluding hydrogens is 280 g/mol. The minimum atomic E-state index is -0.130. The Morgan fingerprint density at radius 3 is 2.59 bits per heavy atom. The van der Waals surface area contributed by atoms with E-state index in [1.54, 1.807) is 6.07 Å². The lowest BCUT2D eigenvalue weighted by Crippen LogP contribution is -3.12. The van der Waals surface area contributed by atoms with Crippen LogP contribution in [0.5, 0.6) is 0 Å². The van der Waals surface area contributed by atoms with Gasteiger partial charge in [-0.25, -0.2) is 5.01 Å². The van der Waals surface area contributed by atoms with Crippen molar-refractivity contribution in [3.8, 4) is 0 Å². The summed E-state index contributed by atoms with van der Waals surface area (Å²) < 4.78 is 0. The molecule has 1 aliphatic heterocycles. The molecule has 3 N–H and O–H groups in total. The number of benzene rings is 1. The predicted octanol–water partition coefficient (Wildman–Crippen LogP) is -1.02. The topological polar surface area (TPSA) is 65.9 Å². The van der Waals surface area contributed by atoms with Crippen LogP contribution in [0.2, 0.25) is 0 Å². The smallest absolute Gasteiger partial charge is 0.251 e. The van der Waals surface area contributed by atoms with E-state index in [1.165, 1.54) is 4.90 Å². The van der Waals surface area contributed by atoms with Crippen molar-refractivity contribution in [1.29, 1.82) is 0 Å². The molecule has 1 saturated heterocycles. The predicted molar refractivity (Wildman–Crippen MR) is 84.5 cm³/mol. The van der Waals surface area contributed by atoms with Gasteiger partial charge in [0, 0.05) is 18.5 Å². The van der Waals surface area contributed by atoms with Gasteiger partial charge < -0.3 is 10.2 Å². The number of hydrogen-bond acceptors (Lipinski definition) is 3. The number of hydrogen-bond donors (Lipinski definition) is 3. The van der Waals surface area contributed by atoms with Crippen LogP contribution < -0.4 is 15.6 Å². The highest BCUT2D eigenvalue weighted by Crippen LogP contribution is 2.06. The van der Waals surface area contributed by atoms with Crippen LogP contribution in [-0.4, -0.2) is 56.6 Å². The maximum Gasteiger partial charge on any atom is 0.251 e. The summed E-state index contributed by atoms with van der Waals surface area (Å²) in [5.41, 5.74) is 4.49. The van der Waals surface area contributed by atoms with Crippen LogP contribution in [0, 0.1) is 6.92 Å². The lowest BCUT2D eigenvalue weighted by Gasteiger charge is -2.30. The van der Waals surface area contributed by atoms with Gasteiger partial charge in [-0.1, -0.05) is 18.2 Å². The molecular formula is C16H25N4O2+. The molecule has 6 nitrogen and oxygen atoms in total. The van der Waals surface area contributed by atoms with Gasteiger partial charge in [-0.2, -0.15) is 0 Å². The minimum Gasteiger partial charge on any atom is -0.352 e. The summed E-state index contributed by atoms with van der Waals surface area (Å²) in [6.45, 7) is 6.05. The summed E-state index contributed by atoms with van der Waals surface area (Å²) in [6, 6.07) is 7.43. The van der Waals surface area contributed by atoms with E-state index in [1.807, 2.05) is 30.1 Å². The van der Waals surface area contributed by atoms with Gasteiger partial charge in [0.25, 0.3) is 5.91 Å². The first-order valence-corrected chi connectivity index (χ1v) is 7.76. The number of carbonyl (C=O) groups is 2. The van der Waals surface area contributed by atoms with Crippen molar-refractivity contribution in [2.24, 2.45) is 0 Å². The molecule has 0 atom stereocenters. The third-order valence-corrected chi connectivity index (χ3v) is 3.93. The number of aryl methyl sites for hydroxylation is 1. The van der Waals surface area contributed by atoms with Crippen molar-refractivity contribution in [3.05, 3.63) is 35.4 Å². The maximum absolute atomic E-state index is 12.0. The molecule has 6 heteroatoms. The first-order valence-electron chi connectivity index (χ1n) is 7.76. The zero-order chi connectivity index (χ0) is 15.9. The zero-order valence-electron chi connectivity index (χ0n) is 13.3. The molecule has 0 spiro atoms. The van der Waals surface area contributed by atoms with E-state index < -0.39 is 0 Å². The van der Waals surface area contributed by atoms with Crippen molar-refractivity contribution in [1.82, 2.24) is 15.8 Å². The number of nitrogens with zero attached hydrogens (tertiary/aromatic N) is 1. The van der Waals surface area contributed by atoms with Crippen molar-refractivity contribution in [2.75, 3.05) is 39.8 Å². The Balaban J connectivity index is 1.69. The largest absolute Gasteiger partial charge is 0.352 e. The van der Waals surface area contributed by atoms with Gasteiger partial charge in [-0.05, 0) is 18.6 Å². The van der Waals surface area contributed by atoms with Gasteiger partial charge in [0.15, 0.2) is 0 Å². The third kappa shape index (κ3) is 4.82. The molecule has 1 aromatic rings. The molecule has 0 aromatic heterocycles. The fraction of sp³-hybridized carbons (Fsp3) is 0.500. The second kappa shape index (κ2) is 7.91. The van der Waals surface area contributed by atoms with E-state index in [9.17, 15) is 9.59 Å². The molecule has 2 amide bonds. The number of likely N-dealkylation sites (N-methyl/N-ethyl adjacent to an activating group) is 1. The molecule has 0 radical (unpaired) electrons. The Bertz CT molecular complexity index is 525. The minimum absolute atomic E-state index is 0.0513. The standard InChI is InChI=1S/C16H24N4O2/c1-13-5-3-4-6-14(13)16(22)17-8-7-15(21)18-20-11-9-19(2)10-12-20/h3-6H,7-12H2,1-2H3,(H,17,22)(H,18,21)/p+1. The van der Waals surface area contributed by atoms with Gasteiger partial charge >= 0.3 is 0 Å². The highest BCUT2D eigenvalue weighted by molar-refractivity contribution is 5.95. The first kappa shape index (κ1) is 16.5. The molecule has 120 valence electrons. The molecule has 2 rings (SSSR count). The Kier molecular flexibility index (Phi) is 5.91. The SMILES string of the molecule is Cc1ccccc1C(=O)NCCC(=O)NN1CC[NH+](C)CC1. The summed E-state index contributed by atoms with van der Waals surface area (Å²) in [7, 11) is 2.15. The molecule has 1 fully saturated rings. The lowest BCUT2D eigenvalue weighted by molar-refractivity contribution is -0.884. The number of quaternary nitrogens is 1. The Morgan fingerprint density at radius 1 is 1.23 bits per heavy atom. The lowest BCUT2D eigenvalue weighted by atomic mass is 10.1. The maximum atomic E-state index is 12.0. The summed E-state index contributed by atoms with van der Waals surface area (Å²) in [6.07, 6.45) is 0.289. The second-order valence-electron chi connectivity index (χ2n) is 5.80. The fourth-order valence-electron chi connectivity index (χ4n) is 2.44. The molecule has 0 bridgehead atoms. The van der Waals surface area contributed by atoms with Gasteiger partial charge in [-0.15, -0.1) is 0 Å². The Labute approximate surface area is 131 Å². The number of piperazine rings is 1. The van der Waals surface area contributed by atoms with Crippen LogP contribution in [0.3, 0.4) is 0 Å². The van der Waals surface area contributed by atoms with Crippen LogP contribution >= 0.6 is 0 Å². The van der Waals surface area contributed by atoms with E-state index in [0.717, 1.165) is 31.7 Å². The van der Waals surface area contributed by atoms with Gasteiger partial charge in [0.05, 0.1) is 33.2 Å². The molecule has 22 heavy (non-hydrogen) atoms. The monoisotopic (exact) mass is 305 g/mol. The van der Waals surface area contributed by atoms with E-state index in [2.05, 4.69) is 17.8 Å². The van der Waals surface area contributed by atoms with E-state index >= 15 is 0 Å². The van der Waals surface area contributed by atoms with Gasteiger partial charge in [-0.3, -0.25) is 15.0 Å². The quantitative estimate of drug-likeness (QED) is 0.652. The Morgan fingerprint density at radius 2 is 1.91 bits per heavy atom. The van der Waals surface area contributed by atoms with Gasteiger partial charge in [0.1, 0.15) is 0 Å². The second-order valence-corrected chi connectivity index (χ2v) is 5.80. The van der Waals surface area contributed by atoms with Crippen LogP contribution in [0.25, 0.3) is 0 Å². The number of rotatable bonds is 5. The number of hydrazine groups is 1. The molecule has 1 aliphatic rings. The van der Waals surface area contributed by atoms with Gasteiger partial charge in [0.2, 0.25) is 5.91 Å². The molecule has 1 heterocycles. The average molecular weight is 305 g/mol. The molecule has 1 aromatic carbocycles. The summed E-state index contributed by atoms with van der Waals surface area (Å²) in [4.78, 5) is 25.4. The first-order chi connectivity index (χ1) is 10.6. The van der Waals surface area contributed by atoms with Crippen LogP contribution in [0.15, 0.2) is 24.3 Å². The van der Waals surface area contributed by atoms with Crippen LogP contribution in [0.4, 0.5) is 0 Å². The summed E-state index contributed by atoms with van der Waals surface area (Å²) in [5, 5.41) is 4.75. The highest BCUT2D eigenvalue weighted by Gasteiger charge is 2.18. The molecule has 0 unspecified atom stereocenters. The summed E-state index contributed by atoms with van der Waals surface area (Å²) >= 11 is 0. The zero-order valence-corrected chi connectivity index (χ0v) is 13.3. The third-order valence-electron chi connectivity index (χ3n) is 3.93. The average Bonchev–Trinajstić information content (AvgIpc) is 2.50. The Hall–Kier alpha value is -1.92. The fourth-order valence-corrected chi connectivity index (χ4v) is 2.44. The molecule has 0 aliphatic carbocycles. The van der Waals surface area contributed by atoms with Crippen molar-refractivity contribution >= 4 is 11.8 Å². The number of amides is 2. The van der Waals surface area contributed by atoms with Crippen LogP contribution in [-0.2, 0) is 4.79 Å². The van der Waals surface area contributed by atoms with Crippen molar-refractivity contribution < 1.29 is 14.5 Å². The van der Waals surface area contributed by atoms with Crippen LogP contribution in [0.1, 0.15) is 22.3 Å². The highest BCUT2D eigenvalue weighted by atomic mass is 16.2. The van der Waals surface area contributed by atoms with Crippen molar-refractivity contribution in [3.63, 3.8) is 0 Å². The van der Waals surface area contributed by atoms with E-state index in [0.29, 0.717) is 12.1 Å².